The van der Waals surface area contributed by atoms with Crippen LogP contribution in [0.15, 0.2) is 58.1 Å². The summed E-state index contributed by atoms with van der Waals surface area (Å²) in [5, 5.41) is 3.35. The van der Waals surface area contributed by atoms with Gasteiger partial charge in [0, 0.05) is 36.9 Å². The molecule has 5 rings (SSSR count). The van der Waals surface area contributed by atoms with Crippen molar-refractivity contribution >= 4 is 15.8 Å². The summed E-state index contributed by atoms with van der Waals surface area (Å²) in [7, 11) is -3.56. The quantitative estimate of drug-likeness (QED) is 0.602. The van der Waals surface area contributed by atoms with Gasteiger partial charge in [-0.2, -0.15) is 22.5 Å². The van der Waals surface area contributed by atoms with Crippen LogP contribution in [0.3, 0.4) is 0 Å². The number of benzene rings is 1. The van der Waals surface area contributed by atoms with Crippen LogP contribution in [0.25, 0.3) is 11.4 Å². The first-order valence-corrected chi connectivity index (χ1v) is 10.9. The van der Waals surface area contributed by atoms with E-state index in [1.165, 1.54) is 10.5 Å². The van der Waals surface area contributed by atoms with Crippen molar-refractivity contribution in [3.05, 3.63) is 54.6 Å². The highest BCUT2D eigenvalue weighted by atomic mass is 32.2. The van der Waals surface area contributed by atoms with E-state index in [1.54, 1.807) is 42.5 Å². The largest absolute Gasteiger partial charge is 0.471 e. The molecule has 2 unspecified atom stereocenters. The second kappa shape index (κ2) is 7.02. The van der Waals surface area contributed by atoms with E-state index in [1.807, 2.05) is 4.90 Å². The Kier molecular flexibility index (Phi) is 4.52. The van der Waals surface area contributed by atoms with Crippen LogP contribution < -0.4 is 4.90 Å². The number of nitrogens with zero attached hydrogens (tertiary/aromatic N) is 5. The molecule has 2 saturated heterocycles. The molecule has 0 aliphatic carbocycles. The highest BCUT2D eigenvalue weighted by Crippen LogP contribution is 2.37. The molecule has 0 saturated carbocycles. The summed E-state index contributed by atoms with van der Waals surface area (Å²) < 4.78 is 69.5. The maximum Gasteiger partial charge on any atom is 0.471 e. The molecule has 0 radical (unpaired) electrons. The Labute approximate surface area is 175 Å². The third-order valence-electron chi connectivity index (χ3n) is 5.51. The van der Waals surface area contributed by atoms with E-state index in [0.29, 0.717) is 30.9 Å². The summed E-state index contributed by atoms with van der Waals surface area (Å²) in [6.45, 7) is 0.842. The Bertz CT molecular complexity index is 1200. The highest BCUT2D eigenvalue weighted by molar-refractivity contribution is 7.89. The van der Waals surface area contributed by atoms with Gasteiger partial charge in [0.2, 0.25) is 15.8 Å². The van der Waals surface area contributed by atoms with Gasteiger partial charge in [-0.15, -0.1) is 0 Å². The van der Waals surface area contributed by atoms with Crippen molar-refractivity contribution in [1.82, 2.24) is 19.4 Å². The molecule has 162 valence electrons. The standard InChI is InChI=1S/C19H16F3N5O3S/c20-19(21,22)18-24-17(25-30-18)12-6-7-16(23-9-12)26-10-14-8-13(26)11-27(14)31(28,29)15-4-2-1-3-5-15/h1-7,9,13-14H,8,10-11H2. The number of alkyl halides is 3. The summed E-state index contributed by atoms with van der Waals surface area (Å²) >= 11 is 0. The molecule has 0 N–H and O–H groups in total. The van der Waals surface area contributed by atoms with Crippen LogP contribution in [-0.2, 0) is 16.2 Å². The normalized spacial score (nSPS) is 21.7. The van der Waals surface area contributed by atoms with E-state index in [2.05, 4.69) is 19.6 Å². The summed E-state index contributed by atoms with van der Waals surface area (Å²) in [5.74, 6) is -0.995. The maximum absolute atomic E-state index is 12.9. The zero-order chi connectivity index (χ0) is 21.8. The van der Waals surface area contributed by atoms with Crippen LogP contribution in [0.2, 0.25) is 0 Å². The number of fused-ring (bicyclic) bond motifs is 2. The second-order valence-corrected chi connectivity index (χ2v) is 9.30. The zero-order valence-corrected chi connectivity index (χ0v) is 16.7. The Morgan fingerprint density at radius 1 is 1.03 bits per heavy atom. The minimum Gasteiger partial charge on any atom is -0.351 e. The van der Waals surface area contributed by atoms with Crippen LogP contribution in [0.4, 0.5) is 19.0 Å². The van der Waals surface area contributed by atoms with Crippen molar-refractivity contribution in [2.45, 2.75) is 29.6 Å². The van der Waals surface area contributed by atoms with Gasteiger partial charge in [-0.25, -0.2) is 13.4 Å². The topological polar surface area (TPSA) is 92.4 Å². The minimum atomic E-state index is -4.71. The van der Waals surface area contributed by atoms with Crippen molar-refractivity contribution < 1.29 is 26.1 Å². The van der Waals surface area contributed by atoms with E-state index >= 15 is 0 Å². The molecule has 2 fully saturated rings. The van der Waals surface area contributed by atoms with Gasteiger partial charge in [-0.05, 0) is 30.7 Å². The van der Waals surface area contributed by atoms with E-state index in [4.69, 9.17) is 0 Å². The van der Waals surface area contributed by atoms with Crippen molar-refractivity contribution in [3.63, 3.8) is 0 Å². The second-order valence-electron chi connectivity index (χ2n) is 7.41. The molecular weight excluding hydrogens is 435 g/mol. The fraction of sp³-hybridized carbons (Fsp3) is 0.316. The molecule has 3 aromatic rings. The van der Waals surface area contributed by atoms with E-state index < -0.39 is 22.1 Å². The Morgan fingerprint density at radius 3 is 2.39 bits per heavy atom. The van der Waals surface area contributed by atoms with Crippen molar-refractivity contribution in [2.24, 2.45) is 0 Å². The lowest BCUT2D eigenvalue weighted by atomic mass is 10.2. The Balaban J connectivity index is 1.31. The van der Waals surface area contributed by atoms with E-state index in [9.17, 15) is 21.6 Å². The summed E-state index contributed by atoms with van der Waals surface area (Å²) in [4.78, 5) is 9.97. The predicted molar refractivity (Wildman–Crippen MR) is 102 cm³/mol. The van der Waals surface area contributed by atoms with E-state index in [0.717, 1.165) is 0 Å². The van der Waals surface area contributed by atoms with Crippen molar-refractivity contribution in [3.8, 4) is 11.4 Å². The average molecular weight is 451 g/mol. The molecule has 2 aromatic heterocycles. The molecule has 2 bridgehead atoms. The van der Waals surface area contributed by atoms with Crippen LogP contribution >= 0.6 is 0 Å². The minimum absolute atomic E-state index is 0.0242. The SMILES string of the molecule is O=S(=O)(c1ccccc1)N1CC2CC1CN2c1ccc(-c2noc(C(F)(F)F)n2)cn1. The molecule has 1 aromatic carbocycles. The van der Waals surface area contributed by atoms with Crippen LogP contribution in [0, 0.1) is 0 Å². The first-order valence-electron chi connectivity index (χ1n) is 9.44. The van der Waals surface area contributed by atoms with Crippen molar-refractivity contribution in [1.29, 1.82) is 0 Å². The third kappa shape index (κ3) is 3.45. The fourth-order valence-electron chi connectivity index (χ4n) is 4.08. The number of anilines is 1. The predicted octanol–water partition coefficient (Wildman–Crippen LogP) is 2.80. The summed E-state index contributed by atoms with van der Waals surface area (Å²) in [6.07, 6.45) is -2.64. The number of hydrogen-bond acceptors (Lipinski definition) is 7. The van der Waals surface area contributed by atoms with Gasteiger partial charge in [-0.3, -0.25) is 0 Å². The Hall–Kier alpha value is -2.99. The highest BCUT2D eigenvalue weighted by Gasteiger charge is 2.48. The first-order chi connectivity index (χ1) is 14.7. The summed E-state index contributed by atoms with van der Waals surface area (Å²) in [5.41, 5.74) is 0.292. The average Bonchev–Trinajstić information content (AvgIpc) is 3.50. The van der Waals surface area contributed by atoms with Gasteiger partial charge in [-0.1, -0.05) is 23.4 Å². The molecule has 2 aliphatic heterocycles. The molecule has 0 spiro atoms. The van der Waals surface area contributed by atoms with Gasteiger partial charge < -0.3 is 9.42 Å². The lowest BCUT2D eigenvalue weighted by Crippen LogP contribution is -2.48. The molecule has 8 nitrogen and oxygen atoms in total. The lowest BCUT2D eigenvalue weighted by Gasteiger charge is -2.34. The van der Waals surface area contributed by atoms with Gasteiger partial charge in [0.25, 0.3) is 0 Å². The third-order valence-corrected chi connectivity index (χ3v) is 7.44. The van der Waals surface area contributed by atoms with Crippen LogP contribution in [0.1, 0.15) is 12.3 Å². The molecular formula is C19H16F3N5O3S. The maximum atomic E-state index is 12.9. The number of sulfonamides is 1. The van der Waals surface area contributed by atoms with Gasteiger partial charge in [0.15, 0.2) is 0 Å². The lowest BCUT2D eigenvalue weighted by molar-refractivity contribution is -0.159. The monoisotopic (exact) mass is 451 g/mol. The number of halogens is 3. The van der Waals surface area contributed by atoms with Crippen LogP contribution in [0.5, 0.6) is 0 Å². The molecule has 31 heavy (non-hydrogen) atoms. The number of hydrogen-bond donors (Lipinski definition) is 0. The number of aromatic nitrogens is 3. The van der Waals surface area contributed by atoms with Gasteiger partial charge in [0.05, 0.1) is 4.90 Å². The molecule has 4 heterocycles. The molecule has 0 amide bonds. The smallest absolute Gasteiger partial charge is 0.351 e. The first kappa shape index (κ1) is 19.9. The van der Waals surface area contributed by atoms with Gasteiger partial charge in [0.1, 0.15) is 5.82 Å². The Morgan fingerprint density at radius 2 is 1.81 bits per heavy atom. The number of pyridine rings is 1. The fourth-order valence-corrected chi connectivity index (χ4v) is 5.76. The number of piperazine rings is 1. The number of rotatable bonds is 4. The zero-order valence-electron chi connectivity index (χ0n) is 15.9. The van der Waals surface area contributed by atoms with E-state index in [-0.39, 0.29) is 22.8 Å². The van der Waals surface area contributed by atoms with Crippen molar-refractivity contribution in [2.75, 3.05) is 18.0 Å². The summed E-state index contributed by atoms with van der Waals surface area (Å²) in [6, 6.07) is 11.4. The van der Waals surface area contributed by atoms with Gasteiger partial charge >= 0.3 is 12.1 Å². The van der Waals surface area contributed by atoms with Crippen LogP contribution in [-0.4, -0.2) is 53.0 Å². The molecule has 2 aliphatic rings. The molecule has 2 atom stereocenters. The molecule has 12 heteroatoms.